The molecule has 0 spiro atoms. The molecule has 117 heavy (non-hydrogen) atoms. The van der Waals surface area contributed by atoms with Gasteiger partial charge >= 0.3 is 30.4 Å². The summed E-state index contributed by atoms with van der Waals surface area (Å²) < 4.78 is 0. The summed E-state index contributed by atoms with van der Waals surface area (Å²) in [6, 6.07) is 84.8. The van der Waals surface area contributed by atoms with Crippen LogP contribution >= 0.6 is 0 Å². The van der Waals surface area contributed by atoms with Crippen LogP contribution in [-0.4, -0.2) is 95.9 Å². The topological polar surface area (TPSA) is 191 Å². The van der Waals surface area contributed by atoms with Crippen LogP contribution in [0.25, 0.3) is 67.1 Å². The minimum atomic E-state index is -2.55. The monoisotopic (exact) mass is 1700 g/mol. The van der Waals surface area contributed by atoms with E-state index in [-0.39, 0.29) is 92.0 Å². The van der Waals surface area contributed by atoms with Crippen LogP contribution in [0.5, 0.6) is 28.7 Å². The predicted octanol–water partition coefficient (Wildman–Crippen LogP) is 7.00. The number of aromatic amines is 3. The Morgan fingerprint density at radius 1 is 0.376 bits per heavy atom. The average Bonchev–Trinajstić information content (AvgIpc) is 1.51. The molecule has 6 aromatic heterocycles. The summed E-state index contributed by atoms with van der Waals surface area (Å²) in [5.74, 6) is 0.955. The van der Waals surface area contributed by atoms with E-state index in [4.69, 9.17) is 0 Å². The molecule has 0 saturated carbocycles. The number of benzene rings is 9. The van der Waals surface area contributed by atoms with Crippen LogP contribution < -0.4 is 103 Å². The fourth-order valence-electron chi connectivity index (χ4n) is 19.2. The second kappa shape index (κ2) is 33.8. The van der Waals surface area contributed by atoms with Crippen molar-refractivity contribution in [2.45, 2.75) is 91.2 Å². The zero-order valence-electron chi connectivity index (χ0n) is 68.0. The second-order valence-electron chi connectivity index (χ2n) is 32.8. The number of hydrogen-bond donors (Lipinski definition) is 2. The van der Waals surface area contributed by atoms with Gasteiger partial charge in [-0.2, -0.15) is 0 Å². The Bertz CT molecular complexity index is 5970. The number of phenolic OH excluding ortho intramolecular Hbond substituents is 2. The number of aromatic hydroxyl groups is 2. The van der Waals surface area contributed by atoms with Crippen molar-refractivity contribution >= 4 is 154 Å². The van der Waals surface area contributed by atoms with Crippen molar-refractivity contribution in [2.75, 3.05) is 0 Å². The van der Waals surface area contributed by atoms with Gasteiger partial charge in [-0.15, -0.1) is 0 Å². The Labute approximate surface area is 727 Å². The van der Waals surface area contributed by atoms with E-state index in [0.717, 1.165) is 61.5 Å². The fraction of sp³-hybridized carbons (Fsp3) is 0.146. The van der Waals surface area contributed by atoms with Gasteiger partial charge in [-0.25, -0.2) is 15.0 Å². The minimum Gasteiger partial charge on any atom is -0.872 e. The van der Waals surface area contributed by atoms with Crippen molar-refractivity contribution in [3.8, 4) is 85.0 Å². The van der Waals surface area contributed by atoms with Crippen LogP contribution in [0.2, 0.25) is 39.3 Å². The summed E-state index contributed by atoms with van der Waals surface area (Å²) in [5.41, 5.74) is 13.9. The van der Waals surface area contributed by atoms with Gasteiger partial charge in [0, 0.05) is 124 Å². The summed E-state index contributed by atoms with van der Waals surface area (Å²) in [7, 11) is -10.3. The summed E-state index contributed by atoms with van der Waals surface area (Å²) >= 11 is 0. The normalized spacial score (nSPS) is 14.6. The first kappa shape index (κ1) is 86.3. The van der Waals surface area contributed by atoms with Gasteiger partial charge in [0.1, 0.15) is 35.7 Å². The van der Waals surface area contributed by atoms with E-state index < -0.39 is 40.4 Å². The van der Waals surface area contributed by atoms with Gasteiger partial charge in [0.2, 0.25) is 17.1 Å². The average molecular weight is 1700 g/mol. The van der Waals surface area contributed by atoms with Crippen molar-refractivity contribution in [3.05, 3.63) is 309 Å². The standard InChI is InChI=1S/C23H17NOSi.C22H16N2OSi.C17H19NOSi.C17H15NOSi.C17H21NOSi.3Be.2Zn/c25-19-13-7-14-20-22(19)23-21(15-8-16-24-23)26(20,17-9-3-1-4-10-17)18-11-5-2-6-12-18;25-18-14-23-15-20-21(18)22-19(12-7-13-24-22)26(20,16-8-3-1-4-9-16)17-10-5-2-6-11-17;2*1-20(2)14-9-5-8-13(19)15(14)16-17(20)12-7-4-3-6-11(12)10-18-16;1-17(2,3)11-9-14-16(18-10-11)15-12(19)7-6-8-13(15)20(14,4)5;;;;;/h1-16,25H;1-15,25H;5,8-10,19H,3-4,6-7H2,1-2H3;3-10,19H,1-2H3;6-10,19H,1-5H3;;;;;/q;;;;;3*+2;;. The van der Waals surface area contributed by atoms with E-state index in [0.29, 0.717) is 11.5 Å². The maximum atomic E-state index is 12.8. The predicted molar refractivity (Wildman–Crippen MR) is 479 cm³/mol. The number of hydrogen-bond acceptors (Lipinski definition) is 8. The van der Waals surface area contributed by atoms with Gasteiger partial charge in [0.25, 0.3) is 0 Å². The SMILES string of the molecule is CC(C)(C)c1c[nH+]c2c(c1)[Si](C)(C)c1cccc([O-])c1-2.C[Si]1(C)c2cccc(O)c2-c2ncc3ccccc3c21.C[Si]1(C)c2cccc([O-])c2-c2[nH+]cc3c(c21)CCCC3.Oc1cccc2c1-c1ncccc1[Si]2(c1ccccc1)c1ccccc1.[Be+2].[Be+2].[Be+2].[O-]c1cncc2c1-c1[nH+]cccc1[Si]2(c1ccccc1)c1ccccc1.[Zn].[Zn]. The smallest absolute Gasteiger partial charge is 0.872 e. The third kappa shape index (κ3) is 14.1. The number of fused-ring (bicyclic) bond motifs is 19. The molecule has 0 amide bonds. The van der Waals surface area contributed by atoms with Crippen LogP contribution in [0.1, 0.15) is 50.3 Å². The fourth-order valence-corrected chi connectivity index (χ4v) is 39.2. The Hall–Kier alpha value is -10.0. The molecule has 6 aliphatic rings. The Kier molecular flexibility index (Phi) is 24.9. The second-order valence-corrected chi connectivity index (χ2v) is 53.1. The first-order chi connectivity index (χ1) is 54.1. The molecule has 11 nitrogen and oxygen atoms in total. The van der Waals surface area contributed by atoms with E-state index >= 15 is 0 Å². The van der Waals surface area contributed by atoms with Gasteiger partial charge in [-0.05, 0) is 135 Å². The molecule has 15 aromatic rings. The van der Waals surface area contributed by atoms with Crippen LogP contribution in [0.4, 0.5) is 0 Å². The molecule has 0 saturated heterocycles. The van der Waals surface area contributed by atoms with Gasteiger partial charge in [-0.1, -0.05) is 290 Å². The molecule has 5 N–H and O–H groups in total. The van der Waals surface area contributed by atoms with E-state index in [2.05, 4.69) is 272 Å². The van der Waals surface area contributed by atoms with Crippen LogP contribution in [0.3, 0.4) is 0 Å². The number of aromatic nitrogens is 6. The maximum absolute atomic E-state index is 12.8. The van der Waals surface area contributed by atoms with Crippen LogP contribution in [0, 0.1) is 0 Å². The number of H-pyrrole nitrogens is 3. The molecule has 21 heteroatoms. The third-order valence-corrected chi connectivity index (χ3v) is 44.6. The van der Waals surface area contributed by atoms with Crippen molar-refractivity contribution in [1.29, 1.82) is 0 Å². The number of rotatable bonds is 4. The molecule has 0 atom stereocenters. The summed E-state index contributed by atoms with van der Waals surface area (Å²) in [6.07, 6.45) is 18.1. The molecule has 11 heterocycles. The number of pyridine rings is 6. The number of aryl methyl sites for hydroxylation is 1. The number of nitrogens with zero attached hydrogens (tertiary/aromatic N) is 3. The first-order valence-corrected chi connectivity index (χ1v) is 51.7. The van der Waals surface area contributed by atoms with E-state index in [1.807, 2.05) is 79.4 Å². The van der Waals surface area contributed by atoms with Crippen molar-refractivity contribution in [2.24, 2.45) is 0 Å². The molecular formula is C96H88Be3N6O5Si5Zn2+6. The molecule has 0 fully saturated rings. The van der Waals surface area contributed by atoms with Crippen LogP contribution in [0.15, 0.2) is 292 Å². The summed E-state index contributed by atoms with van der Waals surface area (Å²) in [4.78, 5) is 23.9. The molecule has 0 bridgehead atoms. The molecule has 21 rings (SSSR count). The van der Waals surface area contributed by atoms with Gasteiger partial charge in [0.15, 0.2) is 34.7 Å². The Balaban J connectivity index is 0.000000134. The molecule has 5 aliphatic heterocycles. The summed E-state index contributed by atoms with van der Waals surface area (Å²) in [5, 5.41) is 78.7. The Morgan fingerprint density at radius 3 is 1.43 bits per heavy atom. The largest absolute Gasteiger partial charge is 2.00 e. The maximum Gasteiger partial charge on any atom is 2.00 e. The van der Waals surface area contributed by atoms with Gasteiger partial charge in [-0.3, -0.25) is 15.0 Å². The minimum absolute atomic E-state index is 0. The van der Waals surface area contributed by atoms with Crippen molar-refractivity contribution in [3.63, 3.8) is 0 Å². The zero-order chi connectivity index (χ0) is 77.6. The molecule has 0 radical (unpaired) electrons. The van der Waals surface area contributed by atoms with Crippen LogP contribution in [-0.2, 0) is 57.2 Å². The van der Waals surface area contributed by atoms with Crippen molar-refractivity contribution < 1.29 is 79.4 Å². The number of nitrogens with one attached hydrogen (secondary N) is 3. The van der Waals surface area contributed by atoms with E-state index in [1.165, 1.54) is 121 Å². The molecule has 9 aromatic carbocycles. The van der Waals surface area contributed by atoms with E-state index in [9.17, 15) is 25.5 Å². The molecular weight excluding hydrogens is 1620 g/mol. The summed E-state index contributed by atoms with van der Waals surface area (Å²) in [6.45, 7) is 20.8. The van der Waals surface area contributed by atoms with Gasteiger partial charge < -0.3 is 25.5 Å². The quantitative estimate of drug-likeness (QED) is 0.176. The van der Waals surface area contributed by atoms with Gasteiger partial charge in [0.05, 0.1) is 11.4 Å². The third-order valence-electron chi connectivity index (χ3n) is 24.4. The van der Waals surface area contributed by atoms with E-state index in [1.54, 1.807) is 29.8 Å². The van der Waals surface area contributed by atoms with Crippen molar-refractivity contribution in [1.82, 2.24) is 15.0 Å². The molecule has 0 unspecified atom stereocenters. The molecule has 1 aliphatic carbocycles. The zero-order valence-corrected chi connectivity index (χ0v) is 79.0. The molecule has 556 valence electrons. The first-order valence-electron chi connectivity index (χ1n) is 38.7. The Morgan fingerprint density at radius 2 is 0.838 bits per heavy atom. The number of phenols is 2.